The van der Waals surface area contributed by atoms with Crippen molar-refractivity contribution in [2.45, 2.75) is 20.0 Å². The molecule has 1 atom stereocenters. The van der Waals surface area contributed by atoms with Crippen LogP contribution in [0.5, 0.6) is 11.5 Å². The molecule has 3 rings (SSSR count). The Hall–Kier alpha value is -2.24. The number of hydrogen-bond acceptors (Lipinski definition) is 5. The SMILES string of the molecule is COc1ccc([C@H](O)CN2CCN(c3cc(C)ccc3C)CC2)cc1OC. The lowest BCUT2D eigenvalue weighted by Crippen LogP contribution is -2.47. The van der Waals surface area contributed by atoms with Crippen molar-refractivity contribution >= 4 is 5.69 Å². The summed E-state index contributed by atoms with van der Waals surface area (Å²) in [5, 5.41) is 10.7. The summed E-state index contributed by atoms with van der Waals surface area (Å²) in [4.78, 5) is 4.77. The number of aliphatic hydroxyl groups is 1. The average Bonchev–Trinajstić information content (AvgIpc) is 2.69. The minimum atomic E-state index is -0.544. The summed E-state index contributed by atoms with van der Waals surface area (Å²) in [6.45, 7) is 8.76. The molecular weight excluding hydrogens is 340 g/mol. The molecule has 0 saturated carbocycles. The second-order valence-electron chi connectivity index (χ2n) is 7.21. The molecule has 0 aliphatic carbocycles. The van der Waals surface area contributed by atoms with E-state index in [4.69, 9.17) is 9.47 Å². The molecule has 0 unspecified atom stereocenters. The zero-order valence-corrected chi connectivity index (χ0v) is 16.7. The molecule has 5 heteroatoms. The number of nitrogens with zero attached hydrogens (tertiary/aromatic N) is 2. The first-order chi connectivity index (χ1) is 13.0. The van der Waals surface area contributed by atoms with Crippen LogP contribution in [-0.4, -0.2) is 56.9 Å². The van der Waals surface area contributed by atoms with Crippen molar-refractivity contribution in [3.05, 3.63) is 53.1 Å². The Morgan fingerprint density at radius 3 is 2.30 bits per heavy atom. The van der Waals surface area contributed by atoms with E-state index in [1.807, 2.05) is 18.2 Å². The van der Waals surface area contributed by atoms with Crippen LogP contribution >= 0.6 is 0 Å². The number of benzene rings is 2. The number of rotatable bonds is 6. The van der Waals surface area contributed by atoms with Crippen LogP contribution in [0.15, 0.2) is 36.4 Å². The average molecular weight is 370 g/mol. The summed E-state index contributed by atoms with van der Waals surface area (Å²) in [6.07, 6.45) is -0.544. The van der Waals surface area contributed by atoms with Crippen LogP contribution in [0.2, 0.25) is 0 Å². The molecule has 27 heavy (non-hydrogen) atoms. The molecule has 0 aromatic heterocycles. The predicted molar refractivity (Wildman–Crippen MR) is 109 cm³/mol. The number of β-amino-alcohol motifs (C(OH)–C–C–N with tert-alkyl or cyclic N) is 1. The minimum Gasteiger partial charge on any atom is -0.493 e. The molecule has 2 aromatic carbocycles. The first-order valence-corrected chi connectivity index (χ1v) is 9.46. The van der Waals surface area contributed by atoms with Gasteiger partial charge in [-0.25, -0.2) is 0 Å². The normalized spacial score (nSPS) is 16.3. The van der Waals surface area contributed by atoms with Crippen molar-refractivity contribution in [2.75, 3.05) is 51.8 Å². The van der Waals surface area contributed by atoms with Gasteiger partial charge < -0.3 is 19.5 Å². The molecule has 1 N–H and O–H groups in total. The van der Waals surface area contributed by atoms with E-state index in [0.717, 1.165) is 31.7 Å². The molecule has 0 radical (unpaired) electrons. The van der Waals surface area contributed by atoms with Crippen LogP contribution in [0.1, 0.15) is 22.8 Å². The molecule has 1 saturated heterocycles. The van der Waals surface area contributed by atoms with E-state index >= 15 is 0 Å². The van der Waals surface area contributed by atoms with E-state index in [0.29, 0.717) is 18.0 Å². The Morgan fingerprint density at radius 2 is 1.63 bits per heavy atom. The summed E-state index contributed by atoms with van der Waals surface area (Å²) in [5.41, 5.74) is 4.79. The molecule has 1 aliphatic rings. The van der Waals surface area contributed by atoms with Gasteiger partial charge in [0, 0.05) is 38.4 Å². The number of piperazine rings is 1. The molecule has 0 spiro atoms. The third-order valence-corrected chi connectivity index (χ3v) is 5.30. The Labute approximate surface area is 162 Å². The smallest absolute Gasteiger partial charge is 0.161 e. The van der Waals surface area contributed by atoms with Crippen molar-refractivity contribution in [1.29, 1.82) is 0 Å². The van der Waals surface area contributed by atoms with Crippen LogP contribution in [0.25, 0.3) is 0 Å². The van der Waals surface area contributed by atoms with Gasteiger partial charge in [-0.05, 0) is 48.7 Å². The van der Waals surface area contributed by atoms with Crippen molar-refractivity contribution in [1.82, 2.24) is 4.90 Å². The minimum absolute atomic E-state index is 0.544. The van der Waals surface area contributed by atoms with Crippen molar-refractivity contribution in [3.63, 3.8) is 0 Å². The van der Waals surface area contributed by atoms with Crippen LogP contribution in [0, 0.1) is 13.8 Å². The molecular formula is C22H30N2O3. The lowest BCUT2D eigenvalue weighted by Gasteiger charge is -2.37. The summed E-state index contributed by atoms with van der Waals surface area (Å²) in [5.74, 6) is 1.32. The Morgan fingerprint density at radius 1 is 0.926 bits per heavy atom. The highest BCUT2D eigenvalue weighted by Crippen LogP contribution is 2.30. The van der Waals surface area contributed by atoms with E-state index in [2.05, 4.69) is 41.8 Å². The van der Waals surface area contributed by atoms with E-state index < -0.39 is 6.10 Å². The number of anilines is 1. The molecule has 1 fully saturated rings. The van der Waals surface area contributed by atoms with Gasteiger partial charge >= 0.3 is 0 Å². The van der Waals surface area contributed by atoms with Crippen LogP contribution in [0.3, 0.4) is 0 Å². The molecule has 146 valence electrons. The first kappa shape index (κ1) is 19.5. The quantitative estimate of drug-likeness (QED) is 0.846. The lowest BCUT2D eigenvalue weighted by molar-refractivity contribution is 0.109. The topological polar surface area (TPSA) is 45.2 Å². The monoisotopic (exact) mass is 370 g/mol. The summed E-state index contributed by atoms with van der Waals surface area (Å²) < 4.78 is 10.6. The van der Waals surface area contributed by atoms with Gasteiger partial charge in [-0.15, -0.1) is 0 Å². The lowest BCUT2D eigenvalue weighted by atomic mass is 10.1. The van der Waals surface area contributed by atoms with Gasteiger partial charge in [0.15, 0.2) is 11.5 Å². The zero-order chi connectivity index (χ0) is 19.4. The summed E-state index contributed by atoms with van der Waals surface area (Å²) in [6, 6.07) is 12.2. The fourth-order valence-electron chi connectivity index (χ4n) is 3.64. The van der Waals surface area contributed by atoms with Crippen molar-refractivity contribution < 1.29 is 14.6 Å². The molecule has 0 amide bonds. The largest absolute Gasteiger partial charge is 0.493 e. The van der Waals surface area contributed by atoms with Crippen LogP contribution < -0.4 is 14.4 Å². The van der Waals surface area contributed by atoms with Gasteiger partial charge in [-0.3, -0.25) is 4.90 Å². The molecule has 1 heterocycles. The number of methoxy groups -OCH3 is 2. The van der Waals surface area contributed by atoms with E-state index in [-0.39, 0.29) is 0 Å². The second kappa shape index (κ2) is 8.63. The van der Waals surface area contributed by atoms with Crippen LogP contribution in [-0.2, 0) is 0 Å². The number of hydrogen-bond donors (Lipinski definition) is 1. The third-order valence-electron chi connectivity index (χ3n) is 5.30. The van der Waals surface area contributed by atoms with Crippen molar-refractivity contribution in [2.24, 2.45) is 0 Å². The molecule has 5 nitrogen and oxygen atoms in total. The second-order valence-corrected chi connectivity index (χ2v) is 7.21. The Balaban J connectivity index is 1.59. The Kier molecular flexibility index (Phi) is 6.24. The maximum absolute atomic E-state index is 10.7. The zero-order valence-electron chi connectivity index (χ0n) is 16.7. The highest BCUT2D eigenvalue weighted by atomic mass is 16.5. The van der Waals surface area contributed by atoms with E-state index in [9.17, 15) is 5.11 Å². The van der Waals surface area contributed by atoms with Gasteiger partial charge in [0.25, 0.3) is 0 Å². The van der Waals surface area contributed by atoms with Gasteiger partial charge in [-0.1, -0.05) is 18.2 Å². The number of aliphatic hydroxyl groups excluding tert-OH is 1. The van der Waals surface area contributed by atoms with Gasteiger partial charge in [0.1, 0.15) is 0 Å². The van der Waals surface area contributed by atoms with Crippen molar-refractivity contribution in [3.8, 4) is 11.5 Å². The maximum Gasteiger partial charge on any atom is 0.161 e. The van der Waals surface area contributed by atoms with Gasteiger partial charge in [0.2, 0.25) is 0 Å². The van der Waals surface area contributed by atoms with Crippen LogP contribution in [0.4, 0.5) is 5.69 Å². The summed E-state index contributed by atoms with van der Waals surface area (Å²) in [7, 11) is 3.23. The van der Waals surface area contributed by atoms with Gasteiger partial charge in [-0.2, -0.15) is 0 Å². The maximum atomic E-state index is 10.7. The predicted octanol–water partition coefficient (Wildman–Crippen LogP) is 3.18. The fraction of sp³-hybridized carbons (Fsp3) is 0.455. The number of ether oxygens (including phenoxy) is 2. The van der Waals surface area contributed by atoms with Gasteiger partial charge in [0.05, 0.1) is 20.3 Å². The van der Waals surface area contributed by atoms with E-state index in [1.54, 1.807) is 14.2 Å². The standard InChI is InChI=1S/C22H30N2O3/c1-16-5-6-17(2)19(13-16)24-11-9-23(10-12-24)15-20(25)18-7-8-21(26-3)22(14-18)27-4/h5-8,13-14,20,25H,9-12,15H2,1-4H3/t20-/m1/s1. The molecule has 0 bridgehead atoms. The molecule has 1 aliphatic heterocycles. The number of aryl methyl sites for hydroxylation is 2. The molecule has 2 aromatic rings. The Bertz CT molecular complexity index is 770. The highest BCUT2D eigenvalue weighted by molar-refractivity contribution is 5.55. The highest BCUT2D eigenvalue weighted by Gasteiger charge is 2.21. The fourth-order valence-corrected chi connectivity index (χ4v) is 3.64. The third kappa shape index (κ3) is 4.54. The van der Waals surface area contributed by atoms with E-state index in [1.165, 1.54) is 16.8 Å². The summed E-state index contributed by atoms with van der Waals surface area (Å²) >= 11 is 0. The first-order valence-electron chi connectivity index (χ1n) is 9.46.